The predicted octanol–water partition coefficient (Wildman–Crippen LogP) is 3.42. The van der Waals surface area contributed by atoms with E-state index >= 15 is 0 Å². The minimum Gasteiger partial charge on any atom is -0.513 e. The molecule has 0 aromatic rings. The molecule has 0 aromatic carbocycles. The molecule has 0 aliphatic heterocycles. The lowest BCUT2D eigenvalue weighted by Gasteiger charge is -1.94. The summed E-state index contributed by atoms with van der Waals surface area (Å²) in [6, 6.07) is 0. The fourth-order valence-corrected chi connectivity index (χ4v) is 0.882. The highest BCUT2D eigenvalue weighted by Crippen LogP contribution is 2.03. The van der Waals surface area contributed by atoms with E-state index in [0.717, 1.165) is 6.42 Å². The van der Waals surface area contributed by atoms with Crippen molar-refractivity contribution < 1.29 is 5.11 Å². The summed E-state index contributed by atoms with van der Waals surface area (Å²) in [5.41, 5.74) is 0. The molecule has 0 rings (SSSR count). The summed E-state index contributed by atoms with van der Waals surface area (Å²) in [6.45, 7) is 3.92. The van der Waals surface area contributed by atoms with Crippen LogP contribution in [0.15, 0.2) is 11.8 Å². The summed E-state index contributed by atoms with van der Waals surface area (Å²) >= 11 is 0. The lowest BCUT2D eigenvalue weighted by molar-refractivity contribution is 0.410. The second-order valence-electron chi connectivity index (χ2n) is 2.69. The largest absolute Gasteiger partial charge is 0.513 e. The van der Waals surface area contributed by atoms with Crippen LogP contribution in [0.2, 0.25) is 0 Å². The second-order valence-corrected chi connectivity index (χ2v) is 2.69. The van der Waals surface area contributed by atoms with Gasteiger partial charge in [-0.1, -0.05) is 26.2 Å². The van der Waals surface area contributed by atoms with Crippen LogP contribution in [-0.4, -0.2) is 5.11 Å². The van der Waals surface area contributed by atoms with E-state index in [-0.39, 0.29) is 0 Å². The SMILES string of the molecule is CCCCCC/C=C(\C)O. The normalized spacial score (nSPS) is 12.0. The lowest BCUT2D eigenvalue weighted by Crippen LogP contribution is -1.75. The molecular weight excluding hydrogens is 124 g/mol. The van der Waals surface area contributed by atoms with Gasteiger partial charge < -0.3 is 5.11 Å². The Bertz CT molecular complexity index is 90.9. The van der Waals surface area contributed by atoms with Gasteiger partial charge >= 0.3 is 0 Å². The fourth-order valence-electron chi connectivity index (χ4n) is 0.882. The molecular formula is C9H18O. The smallest absolute Gasteiger partial charge is 0.0851 e. The van der Waals surface area contributed by atoms with E-state index in [4.69, 9.17) is 5.11 Å². The van der Waals surface area contributed by atoms with Crippen molar-refractivity contribution in [1.29, 1.82) is 0 Å². The monoisotopic (exact) mass is 142 g/mol. The van der Waals surface area contributed by atoms with Crippen molar-refractivity contribution in [1.82, 2.24) is 0 Å². The first kappa shape index (κ1) is 9.54. The summed E-state index contributed by atoms with van der Waals surface area (Å²) in [6.07, 6.45) is 8.02. The van der Waals surface area contributed by atoms with Crippen LogP contribution in [0.25, 0.3) is 0 Å². The molecule has 0 atom stereocenters. The van der Waals surface area contributed by atoms with Crippen LogP contribution in [0, 0.1) is 0 Å². The lowest BCUT2D eigenvalue weighted by atomic mass is 10.1. The first-order chi connectivity index (χ1) is 4.77. The van der Waals surface area contributed by atoms with Crippen molar-refractivity contribution in [3.63, 3.8) is 0 Å². The van der Waals surface area contributed by atoms with Gasteiger partial charge in [-0.15, -0.1) is 0 Å². The second kappa shape index (κ2) is 6.66. The molecule has 1 nitrogen and oxygen atoms in total. The number of aliphatic hydroxyl groups is 1. The third kappa shape index (κ3) is 7.54. The van der Waals surface area contributed by atoms with Gasteiger partial charge in [0.2, 0.25) is 0 Å². The number of unbranched alkanes of at least 4 members (excludes halogenated alkanes) is 4. The average molecular weight is 142 g/mol. The first-order valence-corrected chi connectivity index (χ1v) is 4.13. The zero-order valence-electron chi connectivity index (χ0n) is 7.06. The van der Waals surface area contributed by atoms with Crippen LogP contribution in [0.1, 0.15) is 46.0 Å². The van der Waals surface area contributed by atoms with E-state index in [9.17, 15) is 0 Å². The Morgan fingerprint density at radius 1 is 1.30 bits per heavy atom. The molecule has 0 radical (unpaired) electrons. The van der Waals surface area contributed by atoms with Crippen LogP contribution < -0.4 is 0 Å². The molecule has 0 aliphatic carbocycles. The van der Waals surface area contributed by atoms with Crippen molar-refractivity contribution in [2.24, 2.45) is 0 Å². The Labute approximate surface area is 63.8 Å². The van der Waals surface area contributed by atoms with Crippen molar-refractivity contribution in [2.45, 2.75) is 46.0 Å². The van der Waals surface area contributed by atoms with Crippen LogP contribution in [0.3, 0.4) is 0 Å². The number of allylic oxidation sites excluding steroid dienone is 2. The van der Waals surface area contributed by atoms with Gasteiger partial charge in [0, 0.05) is 0 Å². The maximum atomic E-state index is 8.77. The Balaban J connectivity index is 2.98. The minimum absolute atomic E-state index is 0.455. The maximum absolute atomic E-state index is 8.77. The van der Waals surface area contributed by atoms with Gasteiger partial charge in [0.25, 0.3) is 0 Å². The number of rotatable bonds is 5. The molecule has 0 saturated carbocycles. The van der Waals surface area contributed by atoms with E-state index in [1.807, 2.05) is 6.08 Å². The first-order valence-electron chi connectivity index (χ1n) is 4.13. The molecule has 0 aromatic heterocycles. The highest BCUT2D eigenvalue weighted by Gasteiger charge is 1.85. The van der Waals surface area contributed by atoms with Gasteiger partial charge in [-0.05, 0) is 25.8 Å². The number of aliphatic hydroxyl groups excluding tert-OH is 1. The Morgan fingerprint density at radius 2 is 2.00 bits per heavy atom. The molecule has 1 heteroatoms. The fraction of sp³-hybridized carbons (Fsp3) is 0.778. The zero-order valence-corrected chi connectivity index (χ0v) is 7.06. The van der Waals surface area contributed by atoms with Crippen LogP contribution >= 0.6 is 0 Å². The maximum Gasteiger partial charge on any atom is 0.0851 e. The van der Waals surface area contributed by atoms with Crippen molar-refractivity contribution in [3.8, 4) is 0 Å². The van der Waals surface area contributed by atoms with E-state index in [1.54, 1.807) is 6.92 Å². The predicted molar refractivity (Wildman–Crippen MR) is 45.1 cm³/mol. The van der Waals surface area contributed by atoms with Gasteiger partial charge in [0.05, 0.1) is 5.76 Å². The Hall–Kier alpha value is -0.460. The van der Waals surface area contributed by atoms with Crippen LogP contribution in [0.5, 0.6) is 0 Å². The van der Waals surface area contributed by atoms with Gasteiger partial charge in [-0.2, -0.15) is 0 Å². The third-order valence-corrected chi connectivity index (χ3v) is 1.50. The van der Waals surface area contributed by atoms with Crippen molar-refractivity contribution in [2.75, 3.05) is 0 Å². The summed E-state index contributed by atoms with van der Waals surface area (Å²) in [5.74, 6) is 0.455. The van der Waals surface area contributed by atoms with Gasteiger partial charge in [-0.25, -0.2) is 0 Å². The van der Waals surface area contributed by atoms with E-state index < -0.39 is 0 Å². The summed E-state index contributed by atoms with van der Waals surface area (Å²) in [5, 5.41) is 8.77. The minimum atomic E-state index is 0.455. The summed E-state index contributed by atoms with van der Waals surface area (Å²) < 4.78 is 0. The van der Waals surface area contributed by atoms with Gasteiger partial charge in [0.15, 0.2) is 0 Å². The molecule has 0 fully saturated rings. The highest BCUT2D eigenvalue weighted by molar-refractivity contribution is 4.84. The molecule has 10 heavy (non-hydrogen) atoms. The molecule has 60 valence electrons. The molecule has 0 unspecified atom stereocenters. The number of hydrogen-bond acceptors (Lipinski definition) is 1. The van der Waals surface area contributed by atoms with E-state index in [1.165, 1.54) is 25.7 Å². The quantitative estimate of drug-likeness (QED) is 0.460. The Kier molecular flexibility index (Phi) is 6.35. The molecule has 0 aliphatic rings. The van der Waals surface area contributed by atoms with Crippen molar-refractivity contribution >= 4 is 0 Å². The molecule has 1 N–H and O–H groups in total. The van der Waals surface area contributed by atoms with E-state index in [2.05, 4.69) is 6.92 Å². The molecule has 0 amide bonds. The van der Waals surface area contributed by atoms with Crippen LogP contribution in [0.4, 0.5) is 0 Å². The van der Waals surface area contributed by atoms with Gasteiger partial charge in [0.1, 0.15) is 0 Å². The van der Waals surface area contributed by atoms with Crippen LogP contribution in [-0.2, 0) is 0 Å². The molecule has 0 heterocycles. The van der Waals surface area contributed by atoms with E-state index in [0.29, 0.717) is 5.76 Å². The number of hydrogen-bond donors (Lipinski definition) is 1. The van der Waals surface area contributed by atoms with Gasteiger partial charge in [-0.3, -0.25) is 0 Å². The molecule has 0 saturated heterocycles. The standard InChI is InChI=1S/C9H18O/c1-3-4-5-6-7-8-9(2)10/h8,10H,3-7H2,1-2H3/b9-8+. The summed E-state index contributed by atoms with van der Waals surface area (Å²) in [7, 11) is 0. The zero-order chi connectivity index (χ0) is 7.82. The van der Waals surface area contributed by atoms with Crippen molar-refractivity contribution in [3.05, 3.63) is 11.8 Å². The Morgan fingerprint density at radius 3 is 2.50 bits per heavy atom. The highest BCUT2D eigenvalue weighted by atomic mass is 16.3. The molecule has 0 bridgehead atoms. The third-order valence-electron chi connectivity index (χ3n) is 1.50. The average Bonchev–Trinajstić information content (AvgIpc) is 1.87. The summed E-state index contributed by atoms with van der Waals surface area (Å²) in [4.78, 5) is 0. The molecule has 0 spiro atoms. The topological polar surface area (TPSA) is 20.2 Å².